The van der Waals surface area contributed by atoms with Gasteiger partial charge in [-0.1, -0.05) is 37.6 Å². The zero-order valence-electron chi connectivity index (χ0n) is 8.83. The molecule has 0 amide bonds. The summed E-state index contributed by atoms with van der Waals surface area (Å²) >= 11 is 0. The second-order valence-corrected chi connectivity index (χ2v) is 3.58. The van der Waals surface area contributed by atoms with Gasteiger partial charge < -0.3 is 0 Å². The van der Waals surface area contributed by atoms with E-state index in [0.29, 0.717) is 5.92 Å². The zero-order valence-corrected chi connectivity index (χ0v) is 8.83. The molecule has 0 atom stereocenters. The van der Waals surface area contributed by atoms with Gasteiger partial charge in [-0.3, -0.25) is 4.99 Å². The minimum absolute atomic E-state index is 0.586. The highest BCUT2D eigenvalue weighted by Crippen LogP contribution is 2.19. The lowest BCUT2D eigenvalue weighted by Gasteiger charge is -2.13. The molecule has 1 aliphatic rings. The van der Waals surface area contributed by atoms with E-state index in [1.807, 2.05) is 13.1 Å². The van der Waals surface area contributed by atoms with E-state index in [1.165, 1.54) is 11.1 Å². The molecule has 0 aliphatic heterocycles. The lowest BCUT2D eigenvalue weighted by Crippen LogP contribution is -2.05. The maximum Gasteiger partial charge on any atom is 0.0642 e. The molecule has 1 nitrogen and oxygen atoms in total. The van der Waals surface area contributed by atoms with Crippen molar-refractivity contribution in [3.05, 3.63) is 35.5 Å². The Labute approximate surface area is 80.6 Å². The second-order valence-electron chi connectivity index (χ2n) is 3.58. The number of hydrogen-bond acceptors (Lipinski definition) is 1. The summed E-state index contributed by atoms with van der Waals surface area (Å²) in [4.78, 5) is 4.25. The molecule has 0 heterocycles. The Morgan fingerprint density at radius 1 is 1.23 bits per heavy atom. The van der Waals surface area contributed by atoms with Gasteiger partial charge in [0, 0.05) is 7.05 Å². The van der Waals surface area contributed by atoms with E-state index in [1.54, 1.807) is 0 Å². The van der Waals surface area contributed by atoms with Crippen molar-refractivity contribution in [2.24, 2.45) is 10.9 Å². The fourth-order valence-corrected chi connectivity index (χ4v) is 1.31. The number of allylic oxidation sites excluding steroid dienone is 6. The van der Waals surface area contributed by atoms with Gasteiger partial charge in [-0.05, 0) is 24.5 Å². The van der Waals surface area contributed by atoms with Crippen LogP contribution in [0.2, 0.25) is 0 Å². The van der Waals surface area contributed by atoms with Crippen LogP contribution in [0.4, 0.5) is 0 Å². The highest BCUT2D eigenvalue weighted by Gasteiger charge is 2.08. The Balaban J connectivity index is 3.10. The smallest absolute Gasteiger partial charge is 0.0642 e. The number of rotatable bonds is 1. The number of nitrogens with zero attached hydrogens (tertiary/aromatic N) is 1. The molecule has 13 heavy (non-hydrogen) atoms. The zero-order chi connectivity index (χ0) is 9.84. The van der Waals surface area contributed by atoms with E-state index in [-0.39, 0.29) is 0 Å². The van der Waals surface area contributed by atoms with Crippen LogP contribution in [0.15, 0.2) is 40.4 Å². The predicted octanol–water partition coefficient (Wildman–Crippen LogP) is 3.16. The molecular formula is C12H17N. The lowest BCUT2D eigenvalue weighted by atomic mass is 9.93. The molecule has 0 aromatic carbocycles. The molecule has 0 radical (unpaired) electrons. The predicted molar refractivity (Wildman–Crippen MR) is 59.2 cm³/mol. The second kappa shape index (κ2) is 4.22. The van der Waals surface area contributed by atoms with Crippen molar-refractivity contribution < 1.29 is 0 Å². The summed E-state index contributed by atoms with van der Waals surface area (Å²) in [6.45, 7) is 6.60. The molecule has 0 aromatic rings. The molecule has 0 aromatic heterocycles. The topological polar surface area (TPSA) is 12.4 Å². The average molecular weight is 175 g/mol. The fourth-order valence-electron chi connectivity index (χ4n) is 1.31. The summed E-state index contributed by atoms with van der Waals surface area (Å²) in [5.41, 5.74) is 3.77. The first-order valence-electron chi connectivity index (χ1n) is 4.69. The summed E-state index contributed by atoms with van der Waals surface area (Å²) in [5.74, 6) is 0.586. The summed E-state index contributed by atoms with van der Waals surface area (Å²) in [6.07, 6.45) is 8.29. The van der Waals surface area contributed by atoms with Gasteiger partial charge in [-0.2, -0.15) is 0 Å². The molecule has 1 heteroatoms. The van der Waals surface area contributed by atoms with Crippen molar-refractivity contribution in [1.82, 2.24) is 0 Å². The summed E-state index contributed by atoms with van der Waals surface area (Å²) in [5, 5.41) is 0. The standard InChI is InChI=1S/C12H17N/c1-9(2)10(3)11-7-5-6-8-12(11)13-4/h5-9H,1-4H3/b11-10+,13-12?. The minimum atomic E-state index is 0.586. The molecule has 0 saturated heterocycles. The van der Waals surface area contributed by atoms with Gasteiger partial charge in [-0.15, -0.1) is 0 Å². The molecule has 0 fully saturated rings. The lowest BCUT2D eigenvalue weighted by molar-refractivity contribution is 0.765. The molecule has 0 spiro atoms. The van der Waals surface area contributed by atoms with Gasteiger partial charge in [0.2, 0.25) is 0 Å². The quantitative estimate of drug-likeness (QED) is 0.580. The van der Waals surface area contributed by atoms with Crippen molar-refractivity contribution in [3.63, 3.8) is 0 Å². The van der Waals surface area contributed by atoms with Crippen molar-refractivity contribution in [2.75, 3.05) is 7.05 Å². The third kappa shape index (κ3) is 2.18. The van der Waals surface area contributed by atoms with Crippen LogP contribution in [-0.4, -0.2) is 12.8 Å². The molecule has 70 valence electrons. The SMILES string of the molecule is CN=C1C=CC=C/C1=C(/C)C(C)C. The monoisotopic (exact) mass is 175 g/mol. The van der Waals surface area contributed by atoms with Crippen molar-refractivity contribution in [1.29, 1.82) is 0 Å². The molecule has 0 bridgehead atoms. The molecule has 0 N–H and O–H groups in total. The normalized spacial score (nSPS) is 23.0. The highest BCUT2D eigenvalue weighted by atomic mass is 14.7. The van der Waals surface area contributed by atoms with Crippen LogP contribution in [0.25, 0.3) is 0 Å². The van der Waals surface area contributed by atoms with Crippen LogP contribution in [0.1, 0.15) is 20.8 Å². The average Bonchev–Trinajstić information content (AvgIpc) is 2.16. The maximum atomic E-state index is 4.25. The first-order valence-corrected chi connectivity index (χ1v) is 4.69. The van der Waals surface area contributed by atoms with Crippen LogP contribution in [0, 0.1) is 5.92 Å². The first-order chi connectivity index (χ1) is 6.16. The Morgan fingerprint density at radius 2 is 1.85 bits per heavy atom. The highest BCUT2D eigenvalue weighted by molar-refractivity contribution is 6.11. The maximum absolute atomic E-state index is 4.25. The molecule has 1 rings (SSSR count). The Bertz CT molecular complexity index is 301. The van der Waals surface area contributed by atoms with Gasteiger partial charge in [0.25, 0.3) is 0 Å². The summed E-state index contributed by atoms with van der Waals surface area (Å²) in [7, 11) is 1.84. The van der Waals surface area contributed by atoms with Crippen molar-refractivity contribution in [2.45, 2.75) is 20.8 Å². The van der Waals surface area contributed by atoms with Crippen LogP contribution in [0.5, 0.6) is 0 Å². The van der Waals surface area contributed by atoms with Crippen LogP contribution in [-0.2, 0) is 0 Å². The fraction of sp³-hybridized carbons (Fsp3) is 0.417. The van der Waals surface area contributed by atoms with E-state index < -0.39 is 0 Å². The summed E-state index contributed by atoms with van der Waals surface area (Å²) in [6, 6.07) is 0. The third-order valence-electron chi connectivity index (χ3n) is 2.44. The Hall–Kier alpha value is -1.11. The number of hydrogen-bond donors (Lipinski definition) is 0. The largest absolute Gasteiger partial charge is 0.288 e. The summed E-state index contributed by atoms with van der Waals surface area (Å²) < 4.78 is 0. The van der Waals surface area contributed by atoms with Gasteiger partial charge in [0.05, 0.1) is 5.71 Å². The Morgan fingerprint density at radius 3 is 2.38 bits per heavy atom. The van der Waals surface area contributed by atoms with Crippen LogP contribution < -0.4 is 0 Å². The van der Waals surface area contributed by atoms with Crippen LogP contribution in [0.3, 0.4) is 0 Å². The van der Waals surface area contributed by atoms with Gasteiger partial charge in [0.15, 0.2) is 0 Å². The van der Waals surface area contributed by atoms with Gasteiger partial charge in [-0.25, -0.2) is 0 Å². The van der Waals surface area contributed by atoms with E-state index in [2.05, 4.69) is 44.0 Å². The van der Waals surface area contributed by atoms with Gasteiger partial charge >= 0.3 is 0 Å². The van der Waals surface area contributed by atoms with Crippen molar-refractivity contribution in [3.8, 4) is 0 Å². The van der Waals surface area contributed by atoms with E-state index in [4.69, 9.17) is 0 Å². The van der Waals surface area contributed by atoms with Crippen LogP contribution >= 0.6 is 0 Å². The number of aliphatic imine (C=N–C) groups is 1. The first kappa shape index (κ1) is 9.97. The minimum Gasteiger partial charge on any atom is -0.288 e. The van der Waals surface area contributed by atoms with Crippen molar-refractivity contribution >= 4 is 5.71 Å². The molecule has 0 saturated carbocycles. The van der Waals surface area contributed by atoms with E-state index in [9.17, 15) is 0 Å². The van der Waals surface area contributed by atoms with E-state index in [0.717, 1.165) is 5.71 Å². The van der Waals surface area contributed by atoms with E-state index >= 15 is 0 Å². The molecular weight excluding hydrogens is 158 g/mol. The molecule has 1 aliphatic carbocycles. The Kier molecular flexibility index (Phi) is 3.24. The van der Waals surface area contributed by atoms with Gasteiger partial charge in [0.1, 0.15) is 0 Å². The molecule has 0 unspecified atom stereocenters. The third-order valence-corrected chi connectivity index (χ3v) is 2.44.